The van der Waals surface area contributed by atoms with E-state index in [9.17, 15) is 8.42 Å². The molecule has 0 unspecified atom stereocenters. The predicted molar refractivity (Wildman–Crippen MR) is 89.5 cm³/mol. The summed E-state index contributed by atoms with van der Waals surface area (Å²) in [6.45, 7) is 3.86. The van der Waals surface area contributed by atoms with E-state index in [2.05, 4.69) is 20.7 Å². The second-order valence-corrected chi connectivity index (χ2v) is 7.81. The average Bonchev–Trinajstić information content (AvgIpc) is 2.41. The first-order chi connectivity index (χ1) is 9.85. The topological polar surface area (TPSA) is 46.2 Å². The van der Waals surface area contributed by atoms with Crippen molar-refractivity contribution in [3.8, 4) is 0 Å². The summed E-state index contributed by atoms with van der Waals surface area (Å²) in [5.74, 6) is -0.0174. The Labute approximate surface area is 134 Å². The molecule has 1 N–H and O–H groups in total. The lowest BCUT2D eigenvalue weighted by molar-refractivity contribution is 0.566. The first kappa shape index (κ1) is 16.2. The lowest BCUT2D eigenvalue weighted by Crippen LogP contribution is -2.28. The van der Waals surface area contributed by atoms with Crippen LogP contribution in [-0.2, 0) is 15.8 Å². The van der Waals surface area contributed by atoms with E-state index in [0.717, 1.165) is 21.2 Å². The maximum Gasteiger partial charge on any atom is 0.216 e. The fourth-order valence-electron chi connectivity index (χ4n) is 2.03. The van der Waals surface area contributed by atoms with Crippen molar-refractivity contribution in [2.45, 2.75) is 25.6 Å². The molecule has 0 spiro atoms. The van der Waals surface area contributed by atoms with Crippen molar-refractivity contribution in [1.82, 2.24) is 4.72 Å². The van der Waals surface area contributed by atoms with Crippen LogP contribution in [0.5, 0.6) is 0 Å². The molecule has 1 atom stereocenters. The fraction of sp³-hybridized carbons (Fsp3) is 0.250. The number of aryl methyl sites for hydroxylation is 1. The van der Waals surface area contributed by atoms with E-state index < -0.39 is 10.0 Å². The molecular weight excluding hydrogens is 350 g/mol. The zero-order valence-electron chi connectivity index (χ0n) is 12.0. The maximum absolute atomic E-state index is 12.2. The van der Waals surface area contributed by atoms with Gasteiger partial charge in [-0.1, -0.05) is 57.9 Å². The quantitative estimate of drug-likeness (QED) is 0.869. The van der Waals surface area contributed by atoms with Crippen LogP contribution >= 0.6 is 15.9 Å². The van der Waals surface area contributed by atoms with Gasteiger partial charge < -0.3 is 0 Å². The van der Waals surface area contributed by atoms with Gasteiger partial charge in [0.1, 0.15) is 0 Å². The smallest absolute Gasteiger partial charge is 0.212 e. The molecule has 2 rings (SSSR count). The van der Waals surface area contributed by atoms with Gasteiger partial charge in [-0.15, -0.1) is 0 Å². The number of halogens is 1. The maximum atomic E-state index is 12.2. The van der Waals surface area contributed by atoms with E-state index >= 15 is 0 Å². The summed E-state index contributed by atoms with van der Waals surface area (Å²) in [5.41, 5.74) is 2.88. The average molecular weight is 368 g/mol. The monoisotopic (exact) mass is 367 g/mol. The van der Waals surface area contributed by atoms with Gasteiger partial charge in [0.15, 0.2) is 0 Å². The Morgan fingerprint density at radius 1 is 1.05 bits per heavy atom. The SMILES string of the molecule is Cc1ccc([C@H](C)NS(=O)(=O)Cc2ccc(Br)cc2)cc1. The second-order valence-electron chi connectivity index (χ2n) is 5.14. The van der Waals surface area contributed by atoms with Crippen LogP contribution in [0.25, 0.3) is 0 Å². The standard InChI is InChI=1S/C16H18BrNO2S/c1-12-3-7-15(8-4-12)13(2)18-21(19,20)11-14-5-9-16(17)10-6-14/h3-10,13,18H,11H2,1-2H3/t13-/m0/s1. The highest BCUT2D eigenvalue weighted by Gasteiger charge is 2.16. The molecule has 0 aliphatic rings. The van der Waals surface area contributed by atoms with Crippen LogP contribution in [0.2, 0.25) is 0 Å². The van der Waals surface area contributed by atoms with Gasteiger partial charge in [0, 0.05) is 10.5 Å². The van der Waals surface area contributed by atoms with Crippen molar-refractivity contribution in [2.75, 3.05) is 0 Å². The van der Waals surface area contributed by atoms with Crippen LogP contribution < -0.4 is 4.72 Å². The predicted octanol–water partition coefficient (Wildman–Crippen LogP) is 3.94. The molecule has 21 heavy (non-hydrogen) atoms. The van der Waals surface area contributed by atoms with E-state index in [0.29, 0.717) is 0 Å². The normalized spacial score (nSPS) is 13.1. The molecule has 0 fully saturated rings. The number of benzene rings is 2. The molecule has 0 aromatic heterocycles. The number of sulfonamides is 1. The summed E-state index contributed by atoms with van der Waals surface area (Å²) in [4.78, 5) is 0. The third-order valence-corrected chi connectivity index (χ3v) is 5.16. The van der Waals surface area contributed by atoms with E-state index in [4.69, 9.17) is 0 Å². The van der Waals surface area contributed by atoms with Gasteiger partial charge in [-0.25, -0.2) is 13.1 Å². The molecule has 2 aromatic rings. The Hall–Kier alpha value is -1.17. The van der Waals surface area contributed by atoms with Gasteiger partial charge in [0.25, 0.3) is 0 Å². The molecule has 0 heterocycles. The van der Waals surface area contributed by atoms with Gasteiger partial charge in [-0.2, -0.15) is 0 Å². The van der Waals surface area contributed by atoms with E-state index in [1.165, 1.54) is 0 Å². The fourth-order valence-corrected chi connectivity index (χ4v) is 3.69. The minimum absolute atomic E-state index is 0.0174. The third-order valence-electron chi connectivity index (χ3n) is 3.20. The Morgan fingerprint density at radius 2 is 1.62 bits per heavy atom. The first-order valence-electron chi connectivity index (χ1n) is 6.67. The summed E-state index contributed by atoms with van der Waals surface area (Å²) < 4.78 is 28.1. The molecule has 0 bridgehead atoms. The minimum atomic E-state index is -3.37. The van der Waals surface area contributed by atoms with Gasteiger partial charge in [-0.3, -0.25) is 0 Å². The van der Waals surface area contributed by atoms with Crippen LogP contribution in [0.4, 0.5) is 0 Å². The second kappa shape index (κ2) is 6.73. The van der Waals surface area contributed by atoms with Crippen LogP contribution in [-0.4, -0.2) is 8.42 Å². The number of hydrogen-bond donors (Lipinski definition) is 1. The highest BCUT2D eigenvalue weighted by atomic mass is 79.9. The number of nitrogens with one attached hydrogen (secondary N) is 1. The van der Waals surface area contributed by atoms with E-state index in [1.54, 1.807) is 12.1 Å². The van der Waals surface area contributed by atoms with E-state index in [-0.39, 0.29) is 11.8 Å². The number of hydrogen-bond acceptors (Lipinski definition) is 2. The number of rotatable bonds is 5. The Bertz CT molecular complexity index is 694. The Morgan fingerprint density at radius 3 is 2.19 bits per heavy atom. The summed E-state index contributed by atoms with van der Waals surface area (Å²) in [5, 5.41) is 0. The van der Waals surface area contributed by atoms with Crippen LogP contribution in [0, 0.1) is 6.92 Å². The molecule has 2 aromatic carbocycles. The highest BCUT2D eigenvalue weighted by molar-refractivity contribution is 9.10. The molecule has 0 amide bonds. The van der Waals surface area contributed by atoms with Crippen LogP contribution in [0.1, 0.15) is 29.7 Å². The third kappa shape index (κ3) is 4.95. The Balaban J connectivity index is 2.06. The first-order valence-corrected chi connectivity index (χ1v) is 9.11. The molecule has 0 radical (unpaired) electrons. The molecule has 0 aliphatic heterocycles. The zero-order valence-corrected chi connectivity index (χ0v) is 14.4. The molecule has 3 nitrogen and oxygen atoms in total. The Kier molecular flexibility index (Phi) is 5.19. The van der Waals surface area contributed by atoms with Gasteiger partial charge >= 0.3 is 0 Å². The zero-order chi connectivity index (χ0) is 15.5. The molecule has 5 heteroatoms. The summed E-state index contributed by atoms with van der Waals surface area (Å²) >= 11 is 3.34. The lowest BCUT2D eigenvalue weighted by atomic mass is 10.1. The molecule has 0 saturated heterocycles. The van der Waals surface area contributed by atoms with Crippen molar-refractivity contribution in [1.29, 1.82) is 0 Å². The summed E-state index contributed by atoms with van der Waals surface area (Å²) in [6, 6.07) is 14.9. The van der Waals surface area contributed by atoms with Gasteiger partial charge in [0.2, 0.25) is 10.0 Å². The molecule has 112 valence electrons. The van der Waals surface area contributed by atoms with Crippen LogP contribution in [0.3, 0.4) is 0 Å². The molecular formula is C16H18BrNO2S. The molecule has 0 aliphatic carbocycles. The summed E-state index contributed by atoms with van der Waals surface area (Å²) in [7, 11) is -3.37. The summed E-state index contributed by atoms with van der Waals surface area (Å²) in [6.07, 6.45) is 0. The van der Waals surface area contributed by atoms with Crippen molar-refractivity contribution in [3.63, 3.8) is 0 Å². The van der Waals surface area contributed by atoms with Crippen molar-refractivity contribution < 1.29 is 8.42 Å². The lowest BCUT2D eigenvalue weighted by Gasteiger charge is -2.15. The van der Waals surface area contributed by atoms with Crippen molar-refractivity contribution in [2.24, 2.45) is 0 Å². The van der Waals surface area contributed by atoms with Gasteiger partial charge in [0.05, 0.1) is 5.75 Å². The largest absolute Gasteiger partial charge is 0.216 e. The van der Waals surface area contributed by atoms with E-state index in [1.807, 2.05) is 50.2 Å². The van der Waals surface area contributed by atoms with Crippen LogP contribution in [0.15, 0.2) is 53.0 Å². The minimum Gasteiger partial charge on any atom is -0.212 e. The van der Waals surface area contributed by atoms with Crippen molar-refractivity contribution >= 4 is 26.0 Å². The molecule has 0 saturated carbocycles. The van der Waals surface area contributed by atoms with Gasteiger partial charge in [-0.05, 0) is 37.1 Å². The van der Waals surface area contributed by atoms with Crippen molar-refractivity contribution in [3.05, 3.63) is 69.7 Å². The highest BCUT2D eigenvalue weighted by Crippen LogP contribution is 2.17.